The quantitative estimate of drug-likeness (QED) is 0.474. The number of hydrogen-bond acceptors (Lipinski definition) is 4. The number of halogens is 1. The molecule has 1 N–H and O–H groups in total. The number of aliphatic hydroxyl groups excluding tert-OH is 1. The monoisotopic (exact) mass is 406 g/mol. The van der Waals surface area contributed by atoms with Gasteiger partial charge in [0.1, 0.15) is 0 Å². The van der Waals surface area contributed by atoms with Gasteiger partial charge in [0.2, 0.25) is 14.3 Å². The van der Waals surface area contributed by atoms with E-state index in [1.807, 2.05) is 25.1 Å². The Morgan fingerprint density at radius 1 is 1.36 bits per heavy atom. The SMILES string of the molecule is C[C@@H]1[C@@H]([Si](C)(C)F)[C@H](CCO)O[C@@]12C(=O)N(C)c1ccc(N3CCC3=O)cc12. The minimum Gasteiger partial charge on any atom is -0.396 e. The predicted octanol–water partition coefficient (Wildman–Crippen LogP) is 2.56. The Balaban J connectivity index is 1.84. The summed E-state index contributed by atoms with van der Waals surface area (Å²) in [6, 6.07) is 5.54. The molecular weight excluding hydrogens is 379 g/mol. The van der Waals surface area contributed by atoms with Crippen LogP contribution >= 0.6 is 0 Å². The summed E-state index contributed by atoms with van der Waals surface area (Å²) >= 11 is 0. The Labute approximate surface area is 165 Å². The van der Waals surface area contributed by atoms with E-state index in [1.54, 1.807) is 29.9 Å². The maximum atomic E-state index is 15.3. The topological polar surface area (TPSA) is 70.1 Å². The van der Waals surface area contributed by atoms with Gasteiger partial charge in [-0.3, -0.25) is 9.59 Å². The van der Waals surface area contributed by atoms with Crippen LogP contribution in [0, 0.1) is 5.92 Å². The number of carbonyl (C=O) groups is 2. The number of nitrogens with zero attached hydrogens (tertiary/aromatic N) is 2. The van der Waals surface area contributed by atoms with Gasteiger partial charge in [-0.25, -0.2) is 0 Å². The summed E-state index contributed by atoms with van der Waals surface area (Å²) in [5.41, 5.74) is 0.502. The summed E-state index contributed by atoms with van der Waals surface area (Å²) in [6.45, 7) is 5.71. The highest BCUT2D eigenvalue weighted by molar-refractivity contribution is 6.72. The Hall–Kier alpha value is -1.77. The summed E-state index contributed by atoms with van der Waals surface area (Å²) in [5, 5.41) is 9.50. The lowest BCUT2D eigenvalue weighted by Gasteiger charge is -2.33. The maximum absolute atomic E-state index is 15.3. The van der Waals surface area contributed by atoms with E-state index in [9.17, 15) is 14.7 Å². The predicted molar refractivity (Wildman–Crippen MR) is 107 cm³/mol. The van der Waals surface area contributed by atoms with Crippen molar-refractivity contribution in [1.82, 2.24) is 0 Å². The number of β-lactam (4-membered cyclic amide) rings is 1. The second-order valence-electron chi connectivity index (χ2n) is 8.64. The first kappa shape index (κ1) is 19.5. The fraction of sp³-hybridized carbons (Fsp3) is 0.600. The third kappa shape index (κ3) is 2.51. The lowest BCUT2D eigenvalue weighted by molar-refractivity contribution is -0.146. The standard InChI is InChI=1S/C20H27FN2O4Si/c1-12-18(28(3,4)21)16(8-10-24)27-20(12)14-11-13(23-9-7-17(23)25)5-6-15(14)22(2)19(20)26/h5-6,11-12,16,18,24H,7-10H2,1-4H3/t12-,16+,18-,20+/m1/s1. The third-order valence-corrected chi connectivity index (χ3v) is 9.11. The average Bonchev–Trinajstić information content (AvgIpc) is 3.02. The smallest absolute Gasteiger partial charge is 0.264 e. The van der Waals surface area contributed by atoms with Crippen LogP contribution in [0.25, 0.3) is 0 Å². The van der Waals surface area contributed by atoms with Crippen LogP contribution in [0.1, 0.15) is 25.3 Å². The number of carbonyl (C=O) groups excluding carboxylic acids is 2. The van der Waals surface area contributed by atoms with E-state index in [4.69, 9.17) is 4.74 Å². The Kier molecular flexibility index (Phi) is 4.44. The molecule has 1 spiro atoms. The van der Waals surface area contributed by atoms with Crippen molar-refractivity contribution in [2.24, 2.45) is 5.92 Å². The Bertz CT molecular complexity index is 842. The van der Waals surface area contributed by atoms with Crippen molar-refractivity contribution in [3.63, 3.8) is 0 Å². The Morgan fingerprint density at radius 2 is 2.07 bits per heavy atom. The van der Waals surface area contributed by atoms with Crippen LogP contribution < -0.4 is 9.80 Å². The van der Waals surface area contributed by atoms with Gasteiger partial charge in [-0.05, 0) is 37.7 Å². The molecule has 0 radical (unpaired) electrons. The zero-order valence-corrected chi connectivity index (χ0v) is 17.7. The van der Waals surface area contributed by atoms with Crippen molar-refractivity contribution in [2.75, 3.05) is 30.0 Å². The fourth-order valence-electron chi connectivity index (χ4n) is 5.29. The number of aliphatic hydroxyl groups is 1. The molecule has 2 saturated heterocycles. The third-order valence-electron chi connectivity index (χ3n) is 6.65. The summed E-state index contributed by atoms with van der Waals surface area (Å²) in [6.07, 6.45) is 0.313. The lowest BCUT2D eigenvalue weighted by atomic mass is 9.82. The molecule has 2 amide bonds. The highest BCUT2D eigenvalue weighted by Gasteiger charge is 2.66. The van der Waals surface area contributed by atoms with Gasteiger partial charge < -0.3 is 23.8 Å². The van der Waals surface area contributed by atoms with Gasteiger partial charge in [0.25, 0.3) is 5.91 Å². The summed E-state index contributed by atoms with van der Waals surface area (Å²) < 4.78 is 21.6. The zero-order chi connectivity index (χ0) is 20.4. The molecule has 2 fully saturated rings. The van der Waals surface area contributed by atoms with Crippen LogP contribution in [-0.4, -0.2) is 51.6 Å². The molecule has 0 bridgehead atoms. The number of amides is 2. The molecular formula is C20H27FN2O4Si. The molecule has 8 heteroatoms. The largest absolute Gasteiger partial charge is 0.396 e. The van der Waals surface area contributed by atoms with Crippen LogP contribution in [0.2, 0.25) is 18.6 Å². The second-order valence-corrected chi connectivity index (χ2v) is 12.4. The highest BCUT2D eigenvalue weighted by Crippen LogP contribution is 2.60. The molecule has 4 rings (SSSR count). The minimum atomic E-state index is -3.17. The zero-order valence-electron chi connectivity index (χ0n) is 16.7. The van der Waals surface area contributed by atoms with E-state index in [0.29, 0.717) is 24.9 Å². The van der Waals surface area contributed by atoms with Gasteiger partial charge in [-0.15, -0.1) is 0 Å². The average molecular weight is 407 g/mol. The molecule has 1 aromatic carbocycles. The number of ether oxygens (including phenoxy) is 1. The van der Waals surface area contributed by atoms with Crippen molar-refractivity contribution in [2.45, 2.75) is 50.1 Å². The number of anilines is 2. The molecule has 6 nitrogen and oxygen atoms in total. The van der Waals surface area contributed by atoms with E-state index >= 15 is 4.11 Å². The number of fused-ring (bicyclic) bond motifs is 2. The lowest BCUT2D eigenvalue weighted by Crippen LogP contribution is -2.45. The molecule has 152 valence electrons. The molecule has 0 saturated carbocycles. The molecule has 3 aliphatic heterocycles. The van der Waals surface area contributed by atoms with Gasteiger partial charge >= 0.3 is 0 Å². The van der Waals surface area contributed by atoms with Crippen LogP contribution in [0.4, 0.5) is 15.5 Å². The van der Waals surface area contributed by atoms with E-state index < -0.39 is 25.7 Å². The summed E-state index contributed by atoms with van der Waals surface area (Å²) in [5.74, 6) is -0.513. The van der Waals surface area contributed by atoms with Crippen LogP contribution in [0.5, 0.6) is 0 Å². The number of rotatable bonds is 4. The van der Waals surface area contributed by atoms with E-state index in [2.05, 4.69) is 0 Å². The van der Waals surface area contributed by atoms with E-state index in [-0.39, 0.29) is 24.3 Å². The van der Waals surface area contributed by atoms with Gasteiger partial charge in [0, 0.05) is 49.3 Å². The number of benzene rings is 1. The van der Waals surface area contributed by atoms with E-state index in [0.717, 1.165) is 11.4 Å². The first-order valence-electron chi connectivity index (χ1n) is 9.83. The van der Waals surface area contributed by atoms with E-state index in [1.165, 1.54) is 0 Å². The molecule has 3 heterocycles. The van der Waals surface area contributed by atoms with Crippen molar-refractivity contribution < 1.29 is 23.5 Å². The second kappa shape index (κ2) is 6.37. The van der Waals surface area contributed by atoms with Gasteiger partial charge in [-0.1, -0.05) is 6.92 Å². The first-order chi connectivity index (χ1) is 13.1. The highest BCUT2D eigenvalue weighted by atomic mass is 28.4. The normalized spacial score (nSPS) is 32.3. The minimum absolute atomic E-state index is 0.0559. The molecule has 28 heavy (non-hydrogen) atoms. The molecule has 0 aromatic heterocycles. The first-order valence-corrected chi connectivity index (χ1v) is 12.8. The van der Waals surface area contributed by atoms with Gasteiger partial charge in [0.05, 0.1) is 11.8 Å². The van der Waals surface area contributed by atoms with Crippen LogP contribution in [-0.2, 0) is 19.9 Å². The van der Waals surface area contributed by atoms with Crippen molar-refractivity contribution in [3.05, 3.63) is 23.8 Å². The molecule has 0 unspecified atom stereocenters. The summed E-state index contributed by atoms with van der Waals surface area (Å²) in [4.78, 5) is 28.6. The number of hydrogen-bond donors (Lipinski definition) is 1. The van der Waals surface area contributed by atoms with Gasteiger partial charge in [0.15, 0.2) is 5.60 Å². The van der Waals surface area contributed by atoms with Crippen LogP contribution in [0.3, 0.4) is 0 Å². The molecule has 4 atom stereocenters. The van der Waals surface area contributed by atoms with Crippen molar-refractivity contribution in [3.8, 4) is 0 Å². The summed E-state index contributed by atoms with van der Waals surface area (Å²) in [7, 11) is -1.47. The fourth-order valence-corrected chi connectivity index (χ4v) is 7.84. The maximum Gasteiger partial charge on any atom is 0.264 e. The van der Waals surface area contributed by atoms with Crippen molar-refractivity contribution in [1.29, 1.82) is 0 Å². The van der Waals surface area contributed by atoms with Crippen LogP contribution in [0.15, 0.2) is 18.2 Å². The molecule has 0 aliphatic carbocycles. The molecule has 1 aromatic rings. The van der Waals surface area contributed by atoms with Crippen molar-refractivity contribution >= 4 is 31.6 Å². The van der Waals surface area contributed by atoms with Gasteiger partial charge in [-0.2, -0.15) is 0 Å². The molecule has 3 aliphatic rings. The Morgan fingerprint density at radius 3 is 2.61 bits per heavy atom. The number of likely N-dealkylation sites (N-methyl/N-ethyl adjacent to an activating group) is 1.